The van der Waals surface area contributed by atoms with Crippen LogP contribution in [-0.2, 0) is 21.7 Å². The molecular formula is C27H28O3S. The second-order valence-corrected chi connectivity index (χ2v) is 11.2. The van der Waals surface area contributed by atoms with Crippen molar-refractivity contribution in [3.8, 4) is 0 Å². The molecule has 2 saturated carbocycles. The van der Waals surface area contributed by atoms with Gasteiger partial charge in [0.15, 0.2) is 9.84 Å². The Hall–Kier alpha value is -2.43. The largest absolute Gasteiger partial charge is 0.392 e. The Kier molecular flexibility index (Phi) is 5.23. The maximum atomic E-state index is 13.8. The molecule has 0 saturated heterocycles. The number of hydrogen-bond donors (Lipinski definition) is 1. The van der Waals surface area contributed by atoms with Crippen LogP contribution in [0.15, 0.2) is 95.9 Å². The molecule has 0 aromatic heterocycles. The maximum Gasteiger partial charge on any atom is 0.181 e. The van der Waals surface area contributed by atoms with Crippen LogP contribution in [0.25, 0.3) is 0 Å². The third kappa shape index (κ3) is 3.33. The van der Waals surface area contributed by atoms with Gasteiger partial charge >= 0.3 is 0 Å². The molecule has 0 spiro atoms. The highest BCUT2D eigenvalue weighted by Gasteiger charge is 2.62. The predicted octanol–water partition coefficient (Wildman–Crippen LogP) is 4.80. The minimum absolute atomic E-state index is 0.0222. The first-order valence-corrected chi connectivity index (χ1v) is 12.6. The zero-order valence-electron chi connectivity index (χ0n) is 17.5. The quantitative estimate of drug-likeness (QED) is 0.630. The van der Waals surface area contributed by atoms with Gasteiger partial charge in [-0.15, -0.1) is 0 Å². The van der Waals surface area contributed by atoms with Crippen molar-refractivity contribution in [3.63, 3.8) is 0 Å². The van der Waals surface area contributed by atoms with Gasteiger partial charge in [0.25, 0.3) is 0 Å². The number of benzene rings is 3. The van der Waals surface area contributed by atoms with Crippen LogP contribution in [0.4, 0.5) is 0 Å². The molecule has 1 N–H and O–H groups in total. The Labute approximate surface area is 184 Å². The van der Waals surface area contributed by atoms with Crippen LogP contribution in [0.5, 0.6) is 0 Å². The van der Waals surface area contributed by atoms with Crippen LogP contribution in [0, 0.1) is 11.8 Å². The van der Waals surface area contributed by atoms with Crippen LogP contribution in [0.1, 0.15) is 30.4 Å². The number of aliphatic hydroxyl groups is 1. The zero-order chi connectivity index (χ0) is 21.5. The third-order valence-electron chi connectivity index (χ3n) is 7.64. The average Bonchev–Trinajstić information content (AvgIpc) is 3.05. The summed E-state index contributed by atoms with van der Waals surface area (Å²) < 4.78 is 27.5. The van der Waals surface area contributed by atoms with Gasteiger partial charge in [-0.25, -0.2) is 8.42 Å². The summed E-state index contributed by atoms with van der Waals surface area (Å²) in [7, 11) is -3.50. The van der Waals surface area contributed by atoms with Crippen molar-refractivity contribution >= 4 is 9.84 Å². The normalized spacial score (nSPS) is 30.2. The molecule has 0 amide bonds. The molecule has 2 fully saturated rings. The Morgan fingerprint density at radius 1 is 0.806 bits per heavy atom. The van der Waals surface area contributed by atoms with Gasteiger partial charge in [0.05, 0.1) is 16.2 Å². The van der Waals surface area contributed by atoms with Crippen LogP contribution in [-0.4, -0.2) is 24.9 Å². The van der Waals surface area contributed by atoms with Gasteiger partial charge in [-0.2, -0.15) is 0 Å². The highest BCUT2D eigenvalue weighted by Crippen LogP contribution is 2.60. The van der Waals surface area contributed by atoms with Gasteiger partial charge in [0.2, 0.25) is 0 Å². The SMILES string of the molecule is O=S(=O)(c1ccccc1)[C@@H]1C[C@]2(c3ccccc3)C(Cc3ccccc3)[C@@H]1CC[C@H]2O. The molecule has 0 radical (unpaired) electrons. The Bertz CT molecular complexity index is 1130. The van der Waals surface area contributed by atoms with Gasteiger partial charge < -0.3 is 5.11 Å². The fourth-order valence-electron chi connectivity index (χ4n) is 6.25. The zero-order valence-corrected chi connectivity index (χ0v) is 18.3. The average molecular weight is 433 g/mol. The van der Waals surface area contributed by atoms with Gasteiger partial charge in [-0.1, -0.05) is 78.9 Å². The topological polar surface area (TPSA) is 54.4 Å². The number of fused-ring (bicyclic) bond motifs is 2. The van der Waals surface area contributed by atoms with E-state index in [2.05, 4.69) is 24.3 Å². The van der Waals surface area contributed by atoms with E-state index in [1.165, 1.54) is 5.56 Å². The van der Waals surface area contributed by atoms with Gasteiger partial charge in [-0.05, 0) is 60.8 Å². The highest BCUT2D eigenvalue weighted by molar-refractivity contribution is 7.92. The van der Waals surface area contributed by atoms with Gasteiger partial charge in [-0.3, -0.25) is 0 Å². The van der Waals surface area contributed by atoms with E-state index in [4.69, 9.17) is 0 Å². The molecule has 0 aliphatic heterocycles. The lowest BCUT2D eigenvalue weighted by molar-refractivity contribution is 0.00871. The maximum absolute atomic E-state index is 13.8. The predicted molar refractivity (Wildman–Crippen MR) is 123 cm³/mol. The van der Waals surface area contributed by atoms with E-state index in [0.717, 1.165) is 18.4 Å². The molecule has 3 aromatic carbocycles. The first-order chi connectivity index (χ1) is 15.0. The minimum Gasteiger partial charge on any atom is -0.392 e. The van der Waals surface area contributed by atoms with Crippen molar-refractivity contribution in [2.75, 3.05) is 0 Å². The number of sulfone groups is 1. The second kappa shape index (κ2) is 7.92. The van der Waals surface area contributed by atoms with E-state index in [0.29, 0.717) is 17.7 Å². The van der Waals surface area contributed by atoms with Crippen molar-refractivity contribution in [1.82, 2.24) is 0 Å². The third-order valence-corrected chi connectivity index (χ3v) is 9.89. The summed E-state index contributed by atoms with van der Waals surface area (Å²) in [4.78, 5) is 0.392. The molecule has 5 rings (SSSR count). The summed E-state index contributed by atoms with van der Waals surface area (Å²) in [6.07, 6.45) is 2.08. The van der Waals surface area contributed by atoms with E-state index in [1.807, 2.05) is 42.5 Å². The number of hydrogen-bond acceptors (Lipinski definition) is 3. The fraction of sp³-hybridized carbons (Fsp3) is 0.333. The summed E-state index contributed by atoms with van der Waals surface area (Å²) in [5.74, 6) is 0.0959. The molecule has 2 bridgehead atoms. The first-order valence-electron chi connectivity index (χ1n) is 11.1. The van der Waals surface area contributed by atoms with Crippen molar-refractivity contribution in [2.45, 2.75) is 47.3 Å². The van der Waals surface area contributed by atoms with Crippen LogP contribution < -0.4 is 0 Å². The summed E-state index contributed by atoms with van der Waals surface area (Å²) >= 11 is 0. The molecule has 2 aliphatic rings. The summed E-state index contributed by atoms with van der Waals surface area (Å²) in [5.41, 5.74) is 1.72. The lowest BCUT2D eigenvalue weighted by Gasteiger charge is -2.45. The fourth-order valence-corrected chi connectivity index (χ4v) is 8.42. The smallest absolute Gasteiger partial charge is 0.181 e. The lowest BCUT2D eigenvalue weighted by atomic mass is 9.60. The lowest BCUT2D eigenvalue weighted by Crippen LogP contribution is -2.48. The van der Waals surface area contributed by atoms with E-state index < -0.39 is 26.6 Å². The minimum atomic E-state index is -3.50. The molecule has 3 nitrogen and oxygen atoms in total. The van der Waals surface area contributed by atoms with Crippen LogP contribution in [0.3, 0.4) is 0 Å². The Balaban J connectivity index is 1.64. The van der Waals surface area contributed by atoms with Crippen molar-refractivity contribution in [1.29, 1.82) is 0 Å². The van der Waals surface area contributed by atoms with E-state index >= 15 is 0 Å². The van der Waals surface area contributed by atoms with Crippen molar-refractivity contribution in [3.05, 3.63) is 102 Å². The first kappa shape index (κ1) is 20.5. The molecule has 31 heavy (non-hydrogen) atoms. The van der Waals surface area contributed by atoms with E-state index in [1.54, 1.807) is 24.3 Å². The van der Waals surface area contributed by atoms with Crippen molar-refractivity contribution in [2.24, 2.45) is 11.8 Å². The summed E-state index contributed by atoms with van der Waals surface area (Å²) in [6, 6.07) is 29.2. The molecule has 0 heterocycles. The molecule has 3 aromatic rings. The molecule has 5 atom stereocenters. The number of rotatable bonds is 5. The van der Waals surface area contributed by atoms with E-state index in [9.17, 15) is 13.5 Å². The number of aliphatic hydroxyl groups excluding tert-OH is 1. The molecule has 4 heteroatoms. The molecule has 1 unspecified atom stereocenters. The summed E-state index contributed by atoms with van der Waals surface area (Å²) in [6.45, 7) is 0. The Morgan fingerprint density at radius 2 is 1.39 bits per heavy atom. The molecule has 2 aliphatic carbocycles. The van der Waals surface area contributed by atoms with Gasteiger partial charge in [0.1, 0.15) is 0 Å². The Morgan fingerprint density at radius 3 is 2.03 bits per heavy atom. The van der Waals surface area contributed by atoms with Crippen molar-refractivity contribution < 1.29 is 13.5 Å². The van der Waals surface area contributed by atoms with Gasteiger partial charge in [0, 0.05) is 5.41 Å². The van der Waals surface area contributed by atoms with E-state index in [-0.39, 0.29) is 11.8 Å². The highest BCUT2D eigenvalue weighted by atomic mass is 32.2. The standard InChI is InChI=1S/C27H28O3S/c28-26-17-16-23-24(18-20-10-4-1-5-11-20)27(26,21-12-6-2-7-13-21)19-25(23)31(29,30)22-14-8-3-9-15-22/h1-15,23-26,28H,16-19H2/t23-,24?,25+,26+,27-/m0/s1. The van der Waals surface area contributed by atoms with Crippen LogP contribution >= 0.6 is 0 Å². The van der Waals surface area contributed by atoms with Crippen LogP contribution in [0.2, 0.25) is 0 Å². The molecular weight excluding hydrogens is 404 g/mol. The summed E-state index contributed by atoms with van der Waals surface area (Å²) in [5, 5.41) is 10.9. The second-order valence-electron chi connectivity index (χ2n) is 9.06. The molecule has 160 valence electrons. The monoisotopic (exact) mass is 432 g/mol.